The topological polar surface area (TPSA) is 41.6 Å². The van der Waals surface area contributed by atoms with E-state index in [2.05, 4.69) is 29.4 Å². The first-order chi connectivity index (χ1) is 13.1. The van der Waals surface area contributed by atoms with Crippen molar-refractivity contribution in [1.82, 2.24) is 4.90 Å². The molecule has 2 aromatic rings. The molecule has 0 aromatic heterocycles. The quantitative estimate of drug-likeness (QED) is 0.767. The van der Waals surface area contributed by atoms with Crippen LogP contribution in [0.25, 0.3) is 0 Å². The molecule has 144 valence electrons. The lowest BCUT2D eigenvalue weighted by Crippen LogP contribution is -2.35. The molecule has 2 aromatic carbocycles. The summed E-state index contributed by atoms with van der Waals surface area (Å²) < 4.78 is 6.06. The van der Waals surface area contributed by atoms with Gasteiger partial charge in [0.05, 0.1) is 5.25 Å². The minimum absolute atomic E-state index is 0.0277. The van der Waals surface area contributed by atoms with E-state index in [0.717, 1.165) is 43.1 Å². The Hall–Kier alpha value is -1.98. The van der Waals surface area contributed by atoms with Crippen LogP contribution in [0.4, 0.5) is 5.69 Å². The van der Waals surface area contributed by atoms with E-state index >= 15 is 0 Å². The van der Waals surface area contributed by atoms with Crippen molar-refractivity contribution in [1.29, 1.82) is 0 Å². The lowest BCUT2D eigenvalue weighted by molar-refractivity contribution is -0.115. The van der Waals surface area contributed by atoms with Crippen LogP contribution in [0.1, 0.15) is 25.3 Å². The zero-order valence-electron chi connectivity index (χ0n) is 16.1. The van der Waals surface area contributed by atoms with E-state index in [4.69, 9.17) is 4.74 Å². The SMILES string of the molecule is C[C@@H](SCc1ccccc1)C(=O)Nc1ccc(OC2CCN(C)CC2)cc1. The Morgan fingerprint density at radius 2 is 1.81 bits per heavy atom. The average Bonchev–Trinajstić information content (AvgIpc) is 2.70. The highest BCUT2D eigenvalue weighted by Gasteiger charge is 2.18. The number of nitrogens with zero attached hydrogens (tertiary/aromatic N) is 1. The molecule has 1 heterocycles. The first-order valence-electron chi connectivity index (χ1n) is 9.52. The van der Waals surface area contributed by atoms with Crippen molar-refractivity contribution < 1.29 is 9.53 Å². The van der Waals surface area contributed by atoms with E-state index in [1.165, 1.54) is 5.56 Å². The molecule has 1 aliphatic rings. The Morgan fingerprint density at radius 3 is 2.48 bits per heavy atom. The molecule has 0 bridgehead atoms. The molecule has 27 heavy (non-hydrogen) atoms. The van der Waals surface area contributed by atoms with Crippen LogP contribution in [0.15, 0.2) is 54.6 Å². The highest BCUT2D eigenvalue weighted by atomic mass is 32.2. The molecule has 0 unspecified atom stereocenters. The third-order valence-corrected chi connectivity index (χ3v) is 6.02. The molecule has 1 fully saturated rings. The summed E-state index contributed by atoms with van der Waals surface area (Å²) in [6.07, 6.45) is 2.41. The maximum atomic E-state index is 12.4. The van der Waals surface area contributed by atoms with Crippen LogP contribution in [0.3, 0.4) is 0 Å². The van der Waals surface area contributed by atoms with Gasteiger partial charge in [0.15, 0.2) is 0 Å². The van der Waals surface area contributed by atoms with E-state index in [1.807, 2.05) is 49.4 Å². The van der Waals surface area contributed by atoms with Gasteiger partial charge in [-0.05, 0) is 56.6 Å². The van der Waals surface area contributed by atoms with Crippen LogP contribution in [0, 0.1) is 0 Å². The van der Waals surface area contributed by atoms with Gasteiger partial charge >= 0.3 is 0 Å². The molecule has 1 atom stereocenters. The van der Waals surface area contributed by atoms with E-state index in [9.17, 15) is 4.79 Å². The first-order valence-corrected chi connectivity index (χ1v) is 10.6. The van der Waals surface area contributed by atoms with Gasteiger partial charge in [-0.1, -0.05) is 30.3 Å². The number of nitrogens with one attached hydrogen (secondary N) is 1. The minimum atomic E-state index is -0.111. The Balaban J connectivity index is 1.45. The number of rotatable bonds is 7. The molecule has 1 aliphatic heterocycles. The number of likely N-dealkylation sites (tertiary alicyclic amines) is 1. The highest BCUT2D eigenvalue weighted by Crippen LogP contribution is 2.22. The lowest BCUT2D eigenvalue weighted by atomic mass is 10.1. The fourth-order valence-electron chi connectivity index (χ4n) is 3.03. The molecule has 0 radical (unpaired) electrons. The predicted molar refractivity (Wildman–Crippen MR) is 113 cm³/mol. The monoisotopic (exact) mass is 384 g/mol. The van der Waals surface area contributed by atoms with Crippen LogP contribution >= 0.6 is 11.8 Å². The van der Waals surface area contributed by atoms with Gasteiger partial charge in [0, 0.05) is 24.5 Å². The fraction of sp³-hybridized carbons (Fsp3) is 0.409. The van der Waals surface area contributed by atoms with Crippen LogP contribution in [0.5, 0.6) is 5.75 Å². The van der Waals surface area contributed by atoms with Crippen molar-refractivity contribution in [3.8, 4) is 5.75 Å². The van der Waals surface area contributed by atoms with Gasteiger partial charge in [0.1, 0.15) is 11.9 Å². The Labute approximate surface area is 166 Å². The number of thioether (sulfide) groups is 1. The van der Waals surface area contributed by atoms with Crippen molar-refractivity contribution >= 4 is 23.4 Å². The number of anilines is 1. The second-order valence-electron chi connectivity index (χ2n) is 7.07. The summed E-state index contributed by atoms with van der Waals surface area (Å²) in [6, 6.07) is 17.9. The molecule has 5 heteroatoms. The third-order valence-electron chi connectivity index (χ3n) is 4.80. The van der Waals surface area contributed by atoms with Crippen molar-refractivity contribution in [2.45, 2.75) is 36.9 Å². The van der Waals surface area contributed by atoms with Crippen molar-refractivity contribution in [2.75, 3.05) is 25.5 Å². The van der Waals surface area contributed by atoms with Gasteiger partial charge < -0.3 is 15.0 Å². The van der Waals surface area contributed by atoms with Crippen molar-refractivity contribution in [3.63, 3.8) is 0 Å². The molecule has 0 saturated carbocycles. The summed E-state index contributed by atoms with van der Waals surface area (Å²) in [5.41, 5.74) is 2.04. The molecule has 1 N–H and O–H groups in total. The summed E-state index contributed by atoms with van der Waals surface area (Å²) >= 11 is 1.64. The van der Waals surface area contributed by atoms with E-state index in [1.54, 1.807) is 11.8 Å². The summed E-state index contributed by atoms with van der Waals surface area (Å²) in [5.74, 6) is 1.73. The fourth-order valence-corrected chi connectivity index (χ4v) is 3.87. The number of amides is 1. The standard InChI is InChI=1S/C22H28N2O2S/c1-17(27-16-18-6-4-3-5-7-18)22(25)23-19-8-10-20(11-9-19)26-21-12-14-24(2)15-13-21/h3-11,17,21H,12-16H2,1-2H3,(H,23,25)/t17-/m1/s1. The molecular weight excluding hydrogens is 356 g/mol. The normalized spacial score (nSPS) is 16.7. The number of carbonyl (C=O) groups excluding carboxylic acids is 1. The predicted octanol–water partition coefficient (Wildman–Crippen LogP) is 4.42. The third kappa shape index (κ3) is 6.29. The molecule has 0 aliphatic carbocycles. The largest absolute Gasteiger partial charge is 0.490 e. The smallest absolute Gasteiger partial charge is 0.237 e. The van der Waals surface area contributed by atoms with Crippen LogP contribution in [0.2, 0.25) is 0 Å². The van der Waals surface area contributed by atoms with Gasteiger partial charge in [-0.15, -0.1) is 11.8 Å². The number of carbonyl (C=O) groups is 1. The van der Waals surface area contributed by atoms with Gasteiger partial charge in [-0.3, -0.25) is 4.79 Å². The Kier molecular flexibility index (Phi) is 7.18. The van der Waals surface area contributed by atoms with Gasteiger partial charge in [-0.2, -0.15) is 0 Å². The molecular formula is C22H28N2O2S. The zero-order valence-corrected chi connectivity index (χ0v) is 16.9. The number of hydrogen-bond donors (Lipinski definition) is 1. The number of ether oxygens (including phenoxy) is 1. The molecule has 0 spiro atoms. The second kappa shape index (κ2) is 9.81. The number of piperidine rings is 1. The first kappa shape index (κ1) is 19.8. The highest BCUT2D eigenvalue weighted by molar-refractivity contribution is 7.99. The van der Waals surface area contributed by atoms with E-state index in [0.29, 0.717) is 0 Å². The average molecular weight is 385 g/mol. The summed E-state index contributed by atoms with van der Waals surface area (Å²) in [4.78, 5) is 14.7. The van der Waals surface area contributed by atoms with E-state index < -0.39 is 0 Å². The summed E-state index contributed by atoms with van der Waals surface area (Å²) in [5, 5.41) is 2.88. The number of hydrogen-bond acceptors (Lipinski definition) is 4. The molecule has 4 nitrogen and oxygen atoms in total. The second-order valence-corrected chi connectivity index (χ2v) is 8.40. The van der Waals surface area contributed by atoms with Crippen LogP contribution in [-0.4, -0.2) is 42.3 Å². The van der Waals surface area contributed by atoms with Crippen LogP contribution < -0.4 is 10.1 Å². The van der Waals surface area contributed by atoms with Gasteiger partial charge in [-0.25, -0.2) is 0 Å². The van der Waals surface area contributed by atoms with Crippen molar-refractivity contribution in [3.05, 3.63) is 60.2 Å². The lowest BCUT2D eigenvalue weighted by Gasteiger charge is -2.29. The maximum absolute atomic E-state index is 12.4. The zero-order chi connectivity index (χ0) is 19.1. The summed E-state index contributed by atoms with van der Waals surface area (Å²) in [6.45, 7) is 4.11. The molecule has 3 rings (SSSR count). The van der Waals surface area contributed by atoms with Gasteiger partial charge in [0.2, 0.25) is 5.91 Å². The molecule has 1 amide bonds. The van der Waals surface area contributed by atoms with Crippen LogP contribution in [-0.2, 0) is 10.5 Å². The number of benzene rings is 2. The van der Waals surface area contributed by atoms with Gasteiger partial charge in [0.25, 0.3) is 0 Å². The summed E-state index contributed by atoms with van der Waals surface area (Å²) in [7, 11) is 2.15. The maximum Gasteiger partial charge on any atom is 0.237 e. The minimum Gasteiger partial charge on any atom is -0.490 e. The van der Waals surface area contributed by atoms with Crippen molar-refractivity contribution in [2.24, 2.45) is 0 Å². The molecule has 1 saturated heterocycles. The Morgan fingerprint density at radius 1 is 1.15 bits per heavy atom. The Bertz CT molecular complexity index is 713. The van der Waals surface area contributed by atoms with E-state index in [-0.39, 0.29) is 17.3 Å².